The quantitative estimate of drug-likeness (QED) is 0.274. The highest BCUT2D eigenvalue weighted by Crippen LogP contribution is 2.30. The first kappa shape index (κ1) is 24.7. The van der Waals surface area contributed by atoms with E-state index in [1.54, 1.807) is 27.7 Å². The standard InChI is InChI=1S/C21H31N4O5Si/c1-14(17(26)24-22)16-10-11-21(31,13-25(16)19(28)30-20(2,3)4)23-18(27)29-12-15-8-6-5-7-9-15/h5-9,14,16H,10-13,22H2,1-4H3,(H,23,27)(H,24,26)/t14?,16-,21+/m1/s1. The Morgan fingerprint density at radius 2 is 1.94 bits per heavy atom. The number of benzene rings is 1. The van der Waals surface area contributed by atoms with Crippen molar-refractivity contribution < 1.29 is 23.9 Å². The fourth-order valence-corrected chi connectivity index (χ4v) is 3.86. The molecule has 9 nitrogen and oxygen atoms in total. The van der Waals surface area contributed by atoms with Gasteiger partial charge in [-0.05, 0) is 39.2 Å². The van der Waals surface area contributed by atoms with Crippen LogP contribution in [0.3, 0.4) is 0 Å². The van der Waals surface area contributed by atoms with Gasteiger partial charge in [0, 0.05) is 17.7 Å². The Hall–Kier alpha value is -2.59. The summed E-state index contributed by atoms with van der Waals surface area (Å²) in [5.41, 5.74) is 2.28. The molecule has 10 heteroatoms. The van der Waals surface area contributed by atoms with E-state index in [-0.39, 0.29) is 19.1 Å². The molecule has 0 aromatic heterocycles. The van der Waals surface area contributed by atoms with E-state index in [1.165, 1.54) is 4.90 Å². The summed E-state index contributed by atoms with van der Waals surface area (Å²) in [6, 6.07) is 8.88. The Bertz CT molecular complexity index is 786. The van der Waals surface area contributed by atoms with Crippen molar-refractivity contribution in [2.24, 2.45) is 11.8 Å². The normalized spacial score (nSPS) is 22.3. The van der Waals surface area contributed by atoms with Gasteiger partial charge in [0.25, 0.3) is 0 Å². The topological polar surface area (TPSA) is 123 Å². The van der Waals surface area contributed by atoms with Gasteiger partial charge in [0.2, 0.25) is 5.91 Å². The number of amides is 3. The van der Waals surface area contributed by atoms with E-state index < -0.39 is 34.9 Å². The molecular formula is C21H31N4O5Si. The molecule has 4 N–H and O–H groups in total. The van der Waals surface area contributed by atoms with Gasteiger partial charge in [-0.2, -0.15) is 0 Å². The van der Waals surface area contributed by atoms with Crippen LogP contribution in [0.15, 0.2) is 30.3 Å². The molecule has 3 atom stereocenters. The van der Waals surface area contributed by atoms with Crippen LogP contribution < -0.4 is 16.6 Å². The highest BCUT2D eigenvalue weighted by Gasteiger charge is 2.44. The zero-order valence-electron chi connectivity index (χ0n) is 18.4. The summed E-state index contributed by atoms with van der Waals surface area (Å²) < 4.78 is 10.8. The summed E-state index contributed by atoms with van der Waals surface area (Å²) in [7, 11) is 3.62. The van der Waals surface area contributed by atoms with Gasteiger partial charge in [0.15, 0.2) is 0 Å². The number of hydrogen-bond acceptors (Lipinski definition) is 6. The summed E-state index contributed by atoms with van der Waals surface area (Å²) >= 11 is 0. The largest absolute Gasteiger partial charge is 0.445 e. The third kappa shape index (κ3) is 7.25. The SMILES string of the molecule is CC(C(=O)NN)[C@H]1CC[C@@]([Si])(NC(=O)OCc2ccccc2)CN1C(=O)OC(C)(C)C. The molecule has 169 valence electrons. The van der Waals surface area contributed by atoms with Gasteiger partial charge in [0.05, 0.1) is 16.2 Å². The van der Waals surface area contributed by atoms with Crippen molar-refractivity contribution in [1.82, 2.24) is 15.6 Å². The second-order valence-electron chi connectivity index (χ2n) is 8.78. The van der Waals surface area contributed by atoms with Crippen LogP contribution in [0.1, 0.15) is 46.1 Å². The molecule has 1 aliphatic rings. The first-order valence-corrected chi connectivity index (χ1v) is 10.7. The Morgan fingerprint density at radius 3 is 2.52 bits per heavy atom. The number of hydrazine groups is 1. The van der Waals surface area contributed by atoms with Gasteiger partial charge in [-0.15, -0.1) is 0 Å². The van der Waals surface area contributed by atoms with Gasteiger partial charge in [0.1, 0.15) is 12.2 Å². The third-order valence-electron chi connectivity index (χ3n) is 5.02. The van der Waals surface area contributed by atoms with E-state index in [9.17, 15) is 14.4 Å². The summed E-state index contributed by atoms with van der Waals surface area (Å²) in [5.74, 6) is 4.35. The van der Waals surface area contributed by atoms with Crippen molar-refractivity contribution in [2.75, 3.05) is 6.54 Å². The Labute approximate surface area is 186 Å². The van der Waals surface area contributed by atoms with Crippen molar-refractivity contribution in [3.05, 3.63) is 35.9 Å². The molecule has 31 heavy (non-hydrogen) atoms. The number of nitrogens with two attached hydrogens (primary N) is 1. The number of carbonyl (C=O) groups excluding carboxylic acids is 3. The lowest BCUT2D eigenvalue weighted by molar-refractivity contribution is -0.127. The summed E-state index contributed by atoms with van der Waals surface area (Å²) in [6.45, 7) is 7.21. The number of rotatable bonds is 5. The predicted molar refractivity (Wildman–Crippen MR) is 116 cm³/mol. The molecule has 0 spiro atoms. The fourth-order valence-electron chi connectivity index (χ4n) is 3.44. The predicted octanol–water partition coefficient (Wildman–Crippen LogP) is 1.80. The Balaban J connectivity index is 2.10. The average molecular weight is 448 g/mol. The van der Waals surface area contributed by atoms with Gasteiger partial charge in [-0.3, -0.25) is 10.2 Å². The highest BCUT2D eigenvalue weighted by atomic mass is 28.1. The van der Waals surface area contributed by atoms with Crippen LogP contribution in [0.5, 0.6) is 0 Å². The van der Waals surface area contributed by atoms with Crippen LogP contribution in [-0.4, -0.2) is 56.6 Å². The van der Waals surface area contributed by atoms with Gasteiger partial charge in [-0.1, -0.05) is 37.3 Å². The minimum absolute atomic E-state index is 0.0894. The molecule has 0 bridgehead atoms. The molecule has 1 saturated heterocycles. The fraction of sp³-hybridized carbons (Fsp3) is 0.571. The molecule has 0 saturated carbocycles. The molecule has 3 amide bonds. The van der Waals surface area contributed by atoms with Crippen molar-refractivity contribution >= 4 is 28.3 Å². The summed E-state index contributed by atoms with van der Waals surface area (Å²) in [4.78, 5) is 38.8. The van der Waals surface area contributed by atoms with Crippen LogP contribution in [0.4, 0.5) is 9.59 Å². The molecule has 1 fully saturated rings. The molecule has 0 aliphatic carbocycles. The van der Waals surface area contributed by atoms with E-state index in [0.717, 1.165) is 5.56 Å². The molecule has 1 aliphatic heterocycles. The van der Waals surface area contributed by atoms with Crippen LogP contribution in [0.2, 0.25) is 0 Å². The number of alkyl carbamates (subject to hydrolysis) is 1. The number of ether oxygens (including phenoxy) is 2. The summed E-state index contributed by atoms with van der Waals surface area (Å²) in [6.07, 6.45) is -0.280. The average Bonchev–Trinajstić information content (AvgIpc) is 2.70. The molecule has 1 heterocycles. The summed E-state index contributed by atoms with van der Waals surface area (Å²) in [5, 5.41) is 1.86. The molecule has 1 aromatic carbocycles. The van der Waals surface area contributed by atoms with Crippen LogP contribution >= 0.6 is 0 Å². The maximum absolute atomic E-state index is 12.9. The van der Waals surface area contributed by atoms with Gasteiger partial charge >= 0.3 is 12.2 Å². The van der Waals surface area contributed by atoms with Gasteiger partial charge in [-0.25, -0.2) is 15.4 Å². The zero-order valence-corrected chi connectivity index (χ0v) is 19.4. The number of carbonyl (C=O) groups is 3. The third-order valence-corrected chi connectivity index (χ3v) is 5.56. The minimum Gasteiger partial charge on any atom is -0.445 e. The number of nitrogens with zero attached hydrogens (tertiary/aromatic N) is 1. The van der Waals surface area contributed by atoms with E-state index in [2.05, 4.69) is 21.0 Å². The minimum atomic E-state index is -0.930. The lowest BCUT2D eigenvalue weighted by atomic mass is 9.88. The maximum atomic E-state index is 12.9. The smallest absolute Gasteiger partial charge is 0.410 e. The number of hydrogen-bond donors (Lipinski definition) is 3. The number of likely N-dealkylation sites (tertiary alicyclic amines) is 1. The lowest BCUT2D eigenvalue weighted by Gasteiger charge is -2.46. The molecule has 1 unspecified atom stereocenters. The van der Waals surface area contributed by atoms with Crippen molar-refractivity contribution in [1.29, 1.82) is 0 Å². The van der Waals surface area contributed by atoms with Gasteiger partial charge < -0.3 is 19.7 Å². The monoisotopic (exact) mass is 447 g/mol. The van der Waals surface area contributed by atoms with E-state index in [0.29, 0.717) is 12.8 Å². The molecule has 3 radical (unpaired) electrons. The zero-order chi connectivity index (χ0) is 23.2. The van der Waals surface area contributed by atoms with Crippen molar-refractivity contribution in [3.8, 4) is 0 Å². The Kier molecular flexibility index (Phi) is 8.07. The van der Waals surface area contributed by atoms with Crippen molar-refractivity contribution in [2.45, 2.75) is 63.9 Å². The van der Waals surface area contributed by atoms with Crippen LogP contribution in [0, 0.1) is 5.92 Å². The first-order valence-electron chi connectivity index (χ1n) is 10.2. The second kappa shape index (κ2) is 10.1. The van der Waals surface area contributed by atoms with E-state index in [1.807, 2.05) is 30.3 Å². The number of nitrogens with one attached hydrogen (secondary N) is 2. The van der Waals surface area contributed by atoms with E-state index >= 15 is 0 Å². The number of piperidine rings is 1. The van der Waals surface area contributed by atoms with E-state index in [4.69, 9.17) is 15.3 Å². The maximum Gasteiger partial charge on any atom is 0.410 e. The van der Waals surface area contributed by atoms with Crippen LogP contribution in [-0.2, 0) is 20.9 Å². The molecule has 2 rings (SSSR count). The Morgan fingerprint density at radius 1 is 1.29 bits per heavy atom. The molecule has 1 aromatic rings. The molecular weight excluding hydrogens is 416 g/mol. The second-order valence-corrected chi connectivity index (χ2v) is 9.74. The highest BCUT2D eigenvalue weighted by molar-refractivity contribution is 6.17. The van der Waals surface area contributed by atoms with Crippen LogP contribution in [0.25, 0.3) is 0 Å². The first-order chi connectivity index (χ1) is 14.4. The van der Waals surface area contributed by atoms with Crippen molar-refractivity contribution in [3.63, 3.8) is 0 Å². The lowest BCUT2D eigenvalue weighted by Crippen LogP contribution is -2.65.